The summed E-state index contributed by atoms with van der Waals surface area (Å²) in [6, 6.07) is 0. The molecule has 2 N–H and O–H groups in total. The van der Waals surface area contributed by atoms with Gasteiger partial charge in [0.2, 0.25) is 0 Å². The van der Waals surface area contributed by atoms with Gasteiger partial charge in [0, 0.05) is 0 Å². The molecule has 0 amide bonds. The van der Waals surface area contributed by atoms with Gasteiger partial charge in [-0.2, -0.15) is 0 Å². The molecule has 0 aromatic carbocycles. The minimum Gasteiger partial charge on any atom is -1.00 e. The molecule has 0 radical (unpaired) electrons. The molecular weight excluding hydrogens is 85.1 g/mol. The van der Waals surface area contributed by atoms with Crippen molar-refractivity contribution >= 4 is 8.24 Å². The Morgan fingerprint density at radius 3 is 1.33 bits per heavy atom. The maximum atomic E-state index is 5.49. The largest absolute Gasteiger partial charge is 1.00 e. The maximum Gasteiger partial charge on any atom is 1.00 e. The zero-order valence-electron chi connectivity index (χ0n) is 6.08. The van der Waals surface area contributed by atoms with Crippen LogP contribution < -0.4 is 24.3 Å². The van der Waals surface area contributed by atoms with E-state index in [2.05, 4.69) is 19.6 Å². The van der Waals surface area contributed by atoms with E-state index in [9.17, 15) is 0 Å². The summed E-state index contributed by atoms with van der Waals surface area (Å²) < 4.78 is 0. The van der Waals surface area contributed by atoms with E-state index in [4.69, 9.17) is 5.40 Å². The summed E-state index contributed by atoms with van der Waals surface area (Å²) in [5.74, 6) is 0. The van der Waals surface area contributed by atoms with Crippen LogP contribution in [0.25, 0.3) is 0 Å². The van der Waals surface area contributed by atoms with Crippen molar-refractivity contribution in [1.29, 1.82) is 0 Å². The van der Waals surface area contributed by atoms with Crippen LogP contribution in [0.1, 0.15) is 1.43 Å². The van der Waals surface area contributed by atoms with E-state index >= 15 is 0 Å². The van der Waals surface area contributed by atoms with Gasteiger partial charge in [-0.1, -0.05) is 19.6 Å². The molecule has 0 unspecified atom stereocenters. The van der Waals surface area contributed by atoms with Crippen LogP contribution in [0, 0.1) is 0 Å². The minimum atomic E-state index is -1.11. The average Bonchev–Trinajstić information content (AvgIpc) is 0.722. The van der Waals surface area contributed by atoms with Gasteiger partial charge in [0.05, 0.1) is 0 Å². The Labute approximate surface area is 54.1 Å². The first-order valence-electron chi connectivity index (χ1n) is 1.79. The van der Waals surface area contributed by atoms with Crippen molar-refractivity contribution < 1.29 is 20.3 Å². The molecule has 34 valence electrons. The quantitative estimate of drug-likeness (QED) is 0.344. The monoisotopic (exact) mass is 97.1 g/mol. The molecule has 0 aliphatic carbocycles. The third-order valence-corrected chi connectivity index (χ3v) is 0. The summed E-state index contributed by atoms with van der Waals surface area (Å²) >= 11 is 0. The van der Waals surface area contributed by atoms with Crippen LogP contribution in [-0.4, -0.2) is 8.24 Å². The van der Waals surface area contributed by atoms with Gasteiger partial charge < -0.3 is 6.83 Å². The minimum absolute atomic E-state index is 0. The van der Waals surface area contributed by atoms with Crippen LogP contribution in [0.2, 0.25) is 19.6 Å². The van der Waals surface area contributed by atoms with E-state index in [0.29, 0.717) is 0 Å². The van der Waals surface area contributed by atoms with E-state index in [1.807, 2.05) is 0 Å². The van der Waals surface area contributed by atoms with Crippen molar-refractivity contribution in [1.82, 2.24) is 0 Å². The first-order valence-corrected chi connectivity index (χ1v) is 5.37. The molecule has 0 fully saturated rings. The summed E-state index contributed by atoms with van der Waals surface area (Å²) in [4.78, 5) is 0. The van der Waals surface area contributed by atoms with Gasteiger partial charge >= 0.3 is 18.9 Å². The Kier molecular flexibility index (Phi) is 4.74. The van der Waals surface area contributed by atoms with Gasteiger partial charge in [-0.05, 0) is 0 Å². The summed E-state index contributed by atoms with van der Waals surface area (Å²) in [6.45, 7) is 6.31. The van der Waals surface area contributed by atoms with Gasteiger partial charge in [-0.25, -0.2) is 0 Å². The van der Waals surface area contributed by atoms with Crippen LogP contribution in [0.5, 0.6) is 0 Å². The van der Waals surface area contributed by atoms with Crippen LogP contribution >= 0.6 is 0 Å². The number of nitrogens with two attached hydrogens (primary N) is 1. The summed E-state index contributed by atoms with van der Waals surface area (Å²) in [5.41, 5.74) is 0. The molecule has 0 heterocycles. The van der Waals surface area contributed by atoms with Crippen molar-refractivity contribution in [2.24, 2.45) is 5.40 Å². The van der Waals surface area contributed by atoms with E-state index < -0.39 is 8.24 Å². The third-order valence-electron chi connectivity index (χ3n) is 0. The molecule has 6 heavy (non-hydrogen) atoms. The number of rotatable bonds is 0. The van der Waals surface area contributed by atoms with Crippen molar-refractivity contribution in [3.8, 4) is 0 Å². The fourth-order valence-electron chi connectivity index (χ4n) is 0. The van der Waals surface area contributed by atoms with Crippen LogP contribution in [0.15, 0.2) is 0 Å². The van der Waals surface area contributed by atoms with Crippen molar-refractivity contribution in [2.45, 2.75) is 19.6 Å². The Bertz CT molecular complexity index is 30.4. The van der Waals surface area contributed by atoms with Crippen LogP contribution in [-0.2, 0) is 0 Å². The van der Waals surface area contributed by atoms with Crippen molar-refractivity contribution in [3.05, 3.63) is 0 Å². The van der Waals surface area contributed by atoms with Crippen molar-refractivity contribution in [3.63, 3.8) is 0 Å². The van der Waals surface area contributed by atoms with Gasteiger partial charge in [-0.3, -0.25) is 0 Å². The van der Waals surface area contributed by atoms with Gasteiger partial charge in [0.15, 0.2) is 0 Å². The molecule has 0 aromatic rings. The molecule has 0 rings (SSSR count). The SMILES string of the molecule is C[Si](C)(C)N.[H-].[Li+]. The fourth-order valence-corrected chi connectivity index (χ4v) is 0. The van der Waals surface area contributed by atoms with Crippen LogP contribution in [0.4, 0.5) is 0 Å². The first kappa shape index (κ1) is 9.91. The summed E-state index contributed by atoms with van der Waals surface area (Å²) in [6.07, 6.45) is 0. The molecule has 0 spiro atoms. The predicted molar refractivity (Wildman–Crippen MR) is 28.6 cm³/mol. The Balaban J connectivity index is -0.0000000800. The molecule has 0 saturated heterocycles. The van der Waals surface area contributed by atoms with Gasteiger partial charge in [0.1, 0.15) is 8.24 Å². The van der Waals surface area contributed by atoms with E-state index in [-0.39, 0.29) is 20.3 Å². The maximum absolute atomic E-state index is 5.49. The average molecular weight is 97.2 g/mol. The predicted octanol–water partition coefficient (Wildman–Crippen LogP) is -2.10. The van der Waals surface area contributed by atoms with Gasteiger partial charge in [0.25, 0.3) is 0 Å². The number of hydrogen-bond acceptors (Lipinski definition) is 1. The molecule has 3 heteroatoms. The van der Waals surface area contributed by atoms with E-state index in [1.165, 1.54) is 0 Å². The first-order chi connectivity index (χ1) is 2.00. The Morgan fingerprint density at radius 2 is 1.33 bits per heavy atom. The fraction of sp³-hybridized carbons (Fsp3) is 1.00. The second-order valence-corrected chi connectivity index (χ2v) is 7.10. The smallest absolute Gasteiger partial charge is 1.00 e. The molecule has 0 aromatic heterocycles. The summed E-state index contributed by atoms with van der Waals surface area (Å²) in [7, 11) is -1.11. The zero-order chi connectivity index (χ0) is 4.50. The zero-order valence-corrected chi connectivity index (χ0v) is 6.08. The third kappa shape index (κ3) is 113. The van der Waals surface area contributed by atoms with Gasteiger partial charge in [-0.15, -0.1) is 0 Å². The second kappa shape index (κ2) is 2.87. The molecular formula is C3H12LiNSi. The molecule has 0 aliphatic rings. The number of hydrogen-bond donors (Lipinski definition) is 1. The summed E-state index contributed by atoms with van der Waals surface area (Å²) in [5, 5.41) is 5.49. The standard InChI is InChI=1S/C3H11NSi.Li.H/c1-5(2,3)4;;/h4H2,1-3H3;;/q;+1;-1. The van der Waals surface area contributed by atoms with E-state index in [1.54, 1.807) is 0 Å². The van der Waals surface area contributed by atoms with Crippen LogP contribution in [0.3, 0.4) is 0 Å². The van der Waals surface area contributed by atoms with E-state index in [0.717, 1.165) is 0 Å². The molecule has 0 atom stereocenters. The molecule has 0 aliphatic heterocycles. The second-order valence-electron chi connectivity index (χ2n) is 2.37. The Hall–Kier alpha value is 0.774. The normalized spacial score (nSPS) is 10.0. The topological polar surface area (TPSA) is 26.0 Å². The molecule has 0 saturated carbocycles. The molecule has 0 bridgehead atoms. The van der Waals surface area contributed by atoms with Crippen molar-refractivity contribution in [2.75, 3.05) is 0 Å². The Morgan fingerprint density at radius 1 is 1.33 bits per heavy atom. The molecule has 1 nitrogen and oxygen atoms in total.